The molecule has 0 spiro atoms. The molecule has 0 fully saturated rings. The molecule has 1 rings (SSSR count). The lowest BCUT2D eigenvalue weighted by Gasteiger charge is -2.24. The molecule has 0 atom stereocenters. The zero-order valence-electron chi connectivity index (χ0n) is 11.9. The summed E-state index contributed by atoms with van der Waals surface area (Å²) in [5, 5.41) is 6.75. The van der Waals surface area contributed by atoms with E-state index in [1.54, 1.807) is 11.3 Å². The second-order valence-corrected chi connectivity index (χ2v) is 6.44. The summed E-state index contributed by atoms with van der Waals surface area (Å²) in [5.74, 6) is 0. The highest BCUT2D eigenvalue weighted by molar-refractivity contribution is 7.13. The fraction of sp³-hybridized carbons (Fsp3) is 0.769. The Kier molecular flexibility index (Phi) is 4.95. The Labute approximate surface area is 109 Å². The summed E-state index contributed by atoms with van der Waals surface area (Å²) in [5.41, 5.74) is 1.28. The molecule has 0 aliphatic heterocycles. The van der Waals surface area contributed by atoms with E-state index in [4.69, 9.17) is 0 Å². The molecule has 0 aliphatic carbocycles. The maximum Gasteiger partial charge on any atom is 0.185 e. The predicted molar refractivity (Wildman–Crippen MR) is 76.9 cm³/mol. The molecule has 0 unspecified atom stereocenters. The summed E-state index contributed by atoms with van der Waals surface area (Å²) in [7, 11) is 0. The maximum absolute atomic E-state index is 4.69. The van der Waals surface area contributed by atoms with Crippen molar-refractivity contribution in [2.24, 2.45) is 0 Å². The maximum atomic E-state index is 4.69. The Morgan fingerprint density at radius 2 is 2.06 bits per heavy atom. The average Bonchev–Trinajstić information content (AvgIpc) is 2.63. The third-order valence-electron chi connectivity index (χ3n) is 2.55. The van der Waals surface area contributed by atoms with E-state index in [2.05, 4.69) is 62.1 Å². The van der Waals surface area contributed by atoms with Crippen molar-refractivity contribution in [2.45, 2.75) is 59.7 Å². The van der Waals surface area contributed by atoms with Gasteiger partial charge in [0.05, 0.1) is 5.69 Å². The predicted octanol–water partition coefficient (Wildman–Crippen LogP) is 3.27. The van der Waals surface area contributed by atoms with Gasteiger partial charge in [0.2, 0.25) is 0 Å². The molecular formula is C13H25N3S. The SMILES string of the molecule is CCN(c1nc(CNC(C)(C)C)cs1)C(C)C. The van der Waals surface area contributed by atoms with Gasteiger partial charge in [-0.05, 0) is 41.5 Å². The Hall–Kier alpha value is -0.610. The Balaban J connectivity index is 2.64. The van der Waals surface area contributed by atoms with Crippen molar-refractivity contribution < 1.29 is 0 Å². The van der Waals surface area contributed by atoms with Gasteiger partial charge in [0.15, 0.2) is 5.13 Å². The van der Waals surface area contributed by atoms with Crippen molar-refractivity contribution >= 4 is 16.5 Å². The zero-order chi connectivity index (χ0) is 13.1. The van der Waals surface area contributed by atoms with Crippen LogP contribution >= 0.6 is 11.3 Å². The number of nitrogens with zero attached hydrogens (tertiary/aromatic N) is 2. The fourth-order valence-electron chi connectivity index (χ4n) is 1.59. The molecule has 0 saturated heterocycles. The number of anilines is 1. The van der Waals surface area contributed by atoms with Gasteiger partial charge in [-0.1, -0.05) is 0 Å². The van der Waals surface area contributed by atoms with Crippen LogP contribution in [0, 0.1) is 0 Å². The summed E-state index contributed by atoms with van der Waals surface area (Å²) in [6.07, 6.45) is 0. The van der Waals surface area contributed by atoms with Crippen molar-refractivity contribution in [3.8, 4) is 0 Å². The van der Waals surface area contributed by atoms with Gasteiger partial charge in [-0.2, -0.15) is 0 Å². The van der Waals surface area contributed by atoms with Crippen molar-refractivity contribution in [1.82, 2.24) is 10.3 Å². The molecule has 1 aromatic rings. The van der Waals surface area contributed by atoms with Gasteiger partial charge in [-0.3, -0.25) is 0 Å². The van der Waals surface area contributed by atoms with E-state index in [-0.39, 0.29) is 5.54 Å². The van der Waals surface area contributed by atoms with E-state index in [0.717, 1.165) is 23.9 Å². The molecule has 0 bridgehead atoms. The highest BCUT2D eigenvalue weighted by atomic mass is 32.1. The van der Waals surface area contributed by atoms with Crippen LogP contribution in [0.15, 0.2) is 5.38 Å². The zero-order valence-corrected chi connectivity index (χ0v) is 12.7. The van der Waals surface area contributed by atoms with Crippen LogP contribution in [-0.4, -0.2) is 23.1 Å². The first kappa shape index (κ1) is 14.5. The minimum Gasteiger partial charge on any atom is -0.346 e. The largest absolute Gasteiger partial charge is 0.346 e. The topological polar surface area (TPSA) is 28.2 Å². The molecule has 0 saturated carbocycles. The van der Waals surface area contributed by atoms with Gasteiger partial charge in [0.1, 0.15) is 0 Å². The van der Waals surface area contributed by atoms with Crippen LogP contribution in [-0.2, 0) is 6.54 Å². The summed E-state index contributed by atoms with van der Waals surface area (Å²) >= 11 is 1.74. The normalized spacial score (nSPS) is 12.2. The number of hydrogen-bond donors (Lipinski definition) is 1. The number of aromatic nitrogens is 1. The highest BCUT2D eigenvalue weighted by Crippen LogP contribution is 2.22. The van der Waals surface area contributed by atoms with Crippen LogP contribution in [0.25, 0.3) is 0 Å². The third-order valence-corrected chi connectivity index (χ3v) is 3.48. The van der Waals surface area contributed by atoms with Crippen LogP contribution in [0.4, 0.5) is 5.13 Å². The summed E-state index contributed by atoms with van der Waals surface area (Å²) in [4.78, 5) is 7.01. The Bertz CT molecular complexity index is 339. The van der Waals surface area contributed by atoms with Gasteiger partial charge in [0.25, 0.3) is 0 Å². The lowest BCUT2D eigenvalue weighted by molar-refractivity contribution is 0.422. The Morgan fingerprint density at radius 3 is 2.53 bits per heavy atom. The van der Waals surface area contributed by atoms with Crippen LogP contribution in [0.5, 0.6) is 0 Å². The Morgan fingerprint density at radius 1 is 1.41 bits per heavy atom. The molecule has 1 N–H and O–H groups in total. The van der Waals surface area contributed by atoms with Crippen LogP contribution < -0.4 is 10.2 Å². The van der Waals surface area contributed by atoms with E-state index in [1.807, 2.05) is 0 Å². The lowest BCUT2D eigenvalue weighted by atomic mass is 10.1. The first-order chi connectivity index (χ1) is 7.83. The lowest BCUT2D eigenvalue weighted by Crippen LogP contribution is -2.35. The number of thiazole rings is 1. The average molecular weight is 255 g/mol. The molecule has 0 aromatic carbocycles. The van der Waals surface area contributed by atoms with E-state index in [0.29, 0.717) is 6.04 Å². The second kappa shape index (κ2) is 5.83. The van der Waals surface area contributed by atoms with Gasteiger partial charge in [-0.25, -0.2) is 4.98 Å². The van der Waals surface area contributed by atoms with Crippen molar-refractivity contribution in [3.05, 3.63) is 11.1 Å². The first-order valence-corrected chi connectivity index (χ1v) is 7.17. The minimum absolute atomic E-state index is 0.145. The van der Waals surface area contributed by atoms with Crippen LogP contribution in [0.3, 0.4) is 0 Å². The van der Waals surface area contributed by atoms with E-state index >= 15 is 0 Å². The van der Waals surface area contributed by atoms with Crippen molar-refractivity contribution in [2.75, 3.05) is 11.4 Å². The molecule has 3 nitrogen and oxygen atoms in total. The monoisotopic (exact) mass is 255 g/mol. The molecule has 0 aliphatic rings. The summed E-state index contributed by atoms with van der Waals surface area (Å²) in [6.45, 7) is 15.0. The van der Waals surface area contributed by atoms with Crippen LogP contribution in [0.1, 0.15) is 47.2 Å². The molecule has 0 amide bonds. The fourth-order valence-corrected chi connectivity index (χ4v) is 2.61. The molecule has 4 heteroatoms. The van der Waals surface area contributed by atoms with Gasteiger partial charge < -0.3 is 10.2 Å². The highest BCUT2D eigenvalue weighted by Gasteiger charge is 2.14. The van der Waals surface area contributed by atoms with E-state index < -0.39 is 0 Å². The van der Waals surface area contributed by atoms with Crippen molar-refractivity contribution in [1.29, 1.82) is 0 Å². The van der Waals surface area contributed by atoms with E-state index in [9.17, 15) is 0 Å². The summed E-state index contributed by atoms with van der Waals surface area (Å²) in [6, 6.07) is 0.509. The van der Waals surface area contributed by atoms with Gasteiger partial charge in [0, 0.05) is 30.1 Å². The van der Waals surface area contributed by atoms with Crippen LogP contribution in [0.2, 0.25) is 0 Å². The van der Waals surface area contributed by atoms with Crippen molar-refractivity contribution in [3.63, 3.8) is 0 Å². The van der Waals surface area contributed by atoms with Gasteiger partial charge in [-0.15, -0.1) is 11.3 Å². The molecule has 0 radical (unpaired) electrons. The number of hydrogen-bond acceptors (Lipinski definition) is 4. The standard InChI is InChI=1S/C13H25N3S/c1-7-16(10(2)3)12-15-11(9-17-12)8-14-13(4,5)6/h9-10,14H,7-8H2,1-6H3. The quantitative estimate of drug-likeness (QED) is 0.875. The van der Waals surface area contributed by atoms with Gasteiger partial charge >= 0.3 is 0 Å². The molecule has 98 valence electrons. The minimum atomic E-state index is 0.145. The molecule has 1 aromatic heterocycles. The van der Waals surface area contributed by atoms with E-state index in [1.165, 1.54) is 0 Å². The smallest absolute Gasteiger partial charge is 0.185 e. The summed E-state index contributed by atoms with van der Waals surface area (Å²) < 4.78 is 0. The third kappa shape index (κ3) is 4.64. The number of rotatable bonds is 5. The molecule has 17 heavy (non-hydrogen) atoms. The molecular weight excluding hydrogens is 230 g/mol. The number of nitrogens with one attached hydrogen (secondary N) is 1. The second-order valence-electron chi connectivity index (χ2n) is 5.60. The molecule has 1 heterocycles. The first-order valence-electron chi connectivity index (χ1n) is 6.29.